The van der Waals surface area contributed by atoms with E-state index in [4.69, 9.17) is 10.8 Å². The van der Waals surface area contributed by atoms with Crippen molar-refractivity contribution in [1.82, 2.24) is 5.32 Å². The van der Waals surface area contributed by atoms with Gasteiger partial charge in [0.1, 0.15) is 6.04 Å². The standard InChI is InChI=1S/C14H26N2O3S/c1-14(2,20)11(13(18)19)16-12(17)10(15)8-9-6-4-3-5-7-9/h9-11,20H,3-8,15H2,1-2H3,(H,16,17)(H,18,19)/t10-,11-/m0/s1. The molecular formula is C14H26N2O3S. The number of hydrogen-bond acceptors (Lipinski definition) is 4. The van der Waals surface area contributed by atoms with Crippen molar-refractivity contribution in [1.29, 1.82) is 0 Å². The molecule has 6 heteroatoms. The van der Waals surface area contributed by atoms with Crippen LogP contribution < -0.4 is 11.1 Å². The Bertz CT molecular complexity index is 349. The third kappa shape index (κ3) is 5.32. The van der Waals surface area contributed by atoms with Gasteiger partial charge in [0.05, 0.1) is 6.04 Å². The molecule has 0 aromatic rings. The van der Waals surface area contributed by atoms with Crippen LogP contribution in [-0.4, -0.2) is 33.8 Å². The number of carboxylic acid groups (broad SMARTS) is 1. The zero-order valence-electron chi connectivity index (χ0n) is 12.3. The van der Waals surface area contributed by atoms with Crippen LogP contribution in [0.4, 0.5) is 0 Å². The molecule has 1 rings (SSSR count). The quantitative estimate of drug-likeness (QED) is 0.560. The fraction of sp³-hybridized carbons (Fsp3) is 0.857. The Kier molecular flexibility index (Phi) is 6.33. The monoisotopic (exact) mass is 302 g/mol. The predicted octanol–water partition coefficient (Wildman–Crippen LogP) is 1.56. The van der Waals surface area contributed by atoms with E-state index < -0.39 is 28.7 Å². The summed E-state index contributed by atoms with van der Waals surface area (Å²) in [6.07, 6.45) is 6.50. The Hall–Kier alpha value is -0.750. The summed E-state index contributed by atoms with van der Waals surface area (Å²) >= 11 is 4.23. The lowest BCUT2D eigenvalue weighted by atomic mass is 9.85. The summed E-state index contributed by atoms with van der Waals surface area (Å²) in [4.78, 5) is 23.2. The van der Waals surface area contributed by atoms with Crippen molar-refractivity contribution >= 4 is 24.5 Å². The summed E-state index contributed by atoms with van der Waals surface area (Å²) in [5.41, 5.74) is 5.91. The molecule has 0 aromatic heterocycles. The summed E-state index contributed by atoms with van der Waals surface area (Å²) in [6, 6.07) is -1.69. The summed E-state index contributed by atoms with van der Waals surface area (Å²) < 4.78 is -0.841. The molecule has 1 aliphatic carbocycles. The lowest BCUT2D eigenvalue weighted by Gasteiger charge is -2.29. The number of rotatable bonds is 6. The van der Waals surface area contributed by atoms with E-state index in [1.165, 1.54) is 19.3 Å². The van der Waals surface area contributed by atoms with Gasteiger partial charge >= 0.3 is 5.97 Å². The number of carboxylic acids is 1. The van der Waals surface area contributed by atoms with Gasteiger partial charge in [-0.05, 0) is 26.2 Å². The number of carbonyl (C=O) groups excluding carboxylic acids is 1. The molecule has 4 N–H and O–H groups in total. The van der Waals surface area contributed by atoms with Crippen LogP contribution in [-0.2, 0) is 9.59 Å². The van der Waals surface area contributed by atoms with Crippen molar-refractivity contribution in [2.75, 3.05) is 0 Å². The van der Waals surface area contributed by atoms with E-state index in [9.17, 15) is 9.59 Å². The summed E-state index contributed by atoms with van der Waals surface area (Å²) in [5.74, 6) is -1.01. The fourth-order valence-corrected chi connectivity index (χ4v) is 2.85. The molecule has 0 bridgehead atoms. The van der Waals surface area contributed by atoms with Crippen molar-refractivity contribution in [3.8, 4) is 0 Å². The van der Waals surface area contributed by atoms with Crippen LogP contribution in [0.2, 0.25) is 0 Å². The average molecular weight is 302 g/mol. The summed E-state index contributed by atoms with van der Waals surface area (Å²) in [7, 11) is 0. The number of nitrogens with one attached hydrogen (secondary N) is 1. The zero-order valence-corrected chi connectivity index (χ0v) is 13.2. The molecule has 0 saturated heterocycles. The van der Waals surface area contributed by atoms with Crippen molar-refractivity contribution in [3.05, 3.63) is 0 Å². The molecule has 0 spiro atoms. The summed E-state index contributed by atoms with van der Waals surface area (Å²) in [6.45, 7) is 3.31. The molecule has 1 amide bonds. The normalized spacial score (nSPS) is 20.2. The van der Waals surface area contributed by atoms with E-state index in [1.54, 1.807) is 13.8 Å². The first-order valence-electron chi connectivity index (χ1n) is 7.23. The highest BCUT2D eigenvalue weighted by atomic mass is 32.1. The summed E-state index contributed by atoms with van der Waals surface area (Å²) in [5, 5.41) is 11.7. The van der Waals surface area contributed by atoms with Gasteiger partial charge in [0.2, 0.25) is 5.91 Å². The molecule has 1 saturated carbocycles. The number of thiol groups is 1. The van der Waals surface area contributed by atoms with Gasteiger partial charge in [-0.3, -0.25) is 4.79 Å². The van der Waals surface area contributed by atoms with Crippen LogP contribution >= 0.6 is 12.6 Å². The highest BCUT2D eigenvalue weighted by molar-refractivity contribution is 7.81. The maximum atomic E-state index is 12.0. The smallest absolute Gasteiger partial charge is 0.327 e. The van der Waals surface area contributed by atoms with Crippen LogP contribution in [0, 0.1) is 5.92 Å². The molecule has 1 fully saturated rings. The van der Waals surface area contributed by atoms with Gasteiger partial charge < -0.3 is 16.2 Å². The number of hydrogen-bond donors (Lipinski definition) is 4. The van der Waals surface area contributed by atoms with Gasteiger partial charge in [-0.25, -0.2) is 4.79 Å². The third-order valence-corrected chi connectivity index (χ3v) is 4.15. The second-order valence-electron chi connectivity index (χ2n) is 6.28. The number of amides is 1. The molecule has 0 aromatic carbocycles. The second kappa shape index (κ2) is 7.31. The van der Waals surface area contributed by atoms with Crippen molar-refractivity contribution in [3.63, 3.8) is 0 Å². The molecular weight excluding hydrogens is 276 g/mol. The molecule has 0 aliphatic heterocycles. The first kappa shape index (κ1) is 17.3. The van der Waals surface area contributed by atoms with E-state index in [0.29, 0.717) is 12.3 Å². The minimum atomic E-state index is -1.09. The molecule has 0 unspecified atom stereocenters. The highest BCUT2D eigenvalue weighted by Crippen LogP contribution is 2.27. The van der Waals surface area contributed by atoms with Gasteiger partial charge in [0, 0.05) is 4.75 Å². The molecule has 0 radical (unpaired) electrons. The molecule has 0 heterocycles. The zero-order chi connectivity index (χ0) is 15.3. The van der Waals surface area contributed by atoms with E-state index in [0.717, 1.165) is 12.8 Å². The predicted molar refractivity (Wildman–Crippen MR) is 81.8 cm³/mol. The van der Waals surface area contributed by atoms with E-state index >= 15 is 0 Å². The molecule has 1 aliphatic rings. The number of carbonyl (C=O) groups is 2. The van der Waals surface area contributed by atoms with Gasteiger partial charge in [-0.2, -0.15) is 12.6 Å². The topological polar surface area (TPSA) is 92.4 Å². The number of nitrogens with two attached hydrogens (primary N) is 1. The molecule has 116 valence electrons. The minimum Gasteiger partial charge on any atom is -0.480 e. The Labute approximate surface area is 126 Å². The molecule has 20 heavy (non-hydrogen) atoms. The minimum absolute atomic E-state index is 0.398. The fourth-order valence-electron chi connectivity index (χ4n) is 2.68. The second-order valence-corrected chi connectivity index (χ2v) is 7.43. The van der Waals surface area contributed by atoms with Crippen molar-refractivity contribution < 1.29 is 14.7 Å². The lowest BCUT2D eigenvalue weighted by molar-refractivity contribution is -0.142. The Morgan fingerprint density at radius 2 is 1.90 bits per heavy atom. The third-order valence-electron chi connectivity index (χ3n) is 3.89. The molecule has 5 nitrogen and oxygen atoms in total. The van der Waals surface area contributed by atoms with Gasteiger partial charge in [-0.15, -0.1) is 0 Å². The van der Waals surface area contributed by atoms with Crippen LogP contribution in [0.5, 0.6) is 0 Å². The number of aliphatic carboxylic acids is 1. The van der Waals surface area contributed by atoms with Gasteiger partial charge in [-0.1, -0.05) is 32.1 Å². The maximum Gasteiger partial charge on any atom is 0.327 e. The van der Waals surface area contributed by atoms with Crippen LogP contribution in [0.25, 0.3) is 0 Å². The SMILES string of the molecule is CC(C)(S)[C@@H](NC(=O)[C@@H](N)CC1CCCCC1)C(=O)O. The van der Waals surface area contributed by atoms with Crippen molar-refractivity contribution in [2.45, 2.75) is 69.2 Å². The Morgan fingerprint density at radius 3 is 2.35 bits per heavy atom. The van der Waals surface area contributed by atoms with Crippen LogP contribution in [0.3, 0.4) is 0 Å². The first-order valence-corrected chi connectivity index (χ1v) is 7.67. The van der Waals surface area contributed by atoms with Crippen LogP contribution in [0.1, 0.15) is 52.4 Å². The van der Waals surface area contributed by atoms with Gasteiger partial charge in [0.25, 0.3) is 0 Å². The average Bonchev–Trinajstić information content (AvgIpc) is 2.34. The first-order chi connectivity index (χ1) is 9.21. The highest BCUT2D eigenvalue weighted by Gasteiger charge is 2.35. The van der Waals surface area contributed by atoms with Gasteiger partial charge in [0.15, 0.2) is 0 Å². The Morgan fingerprint density at radius 1 is 1.35 bits per heavy atom. The molecule has 2 atom stereocenters. The van der Waals surface area contributed by atoms with E-state index in [1.807, 2.05) is 0 Å². The van der Waals surface area contributed by atoms with Crippen molar-refractivity contribution in [2.24, 2.45) is 11.7 Å². The maximum absolute atomic E-state index is 12.0. The lowest BCUT2D eigenvalue weighted by Crippen LogP contribution is -2.55. The van der Waals surface area contributed by atoms with Crippen LogP contribution in [0.15, 0.2) is 0 Å². The largest absolute Gasteiger partial charge is 0.480 e. The van der Waals surface area contributed by atoms with E-state index in [2.05, 4.69) is 17.9 Å². The Balaban J connectivity index is 2.53. The van der Waals surface area contributed by atoms with E-state index in [-0.39, 0.29) is 0 Å².